The average molecular weight is 601 g/mol. The number of ether oxygens (including phenoxy) is 2. The number of aromatic nitrogens is 4. The summed E-state index contributed by atoms with van der Waals surface area (Å²) in [5.74, 6) is -2.61. The van der Waals surface area contributed by atoms with E-state index in [1.165, 1.54) is 14.2 Å². The van der Waals surface area contributed by atoms with Gasteiger partial charge < -0.3 is 13.9 Å². The third-order valence-electron chi connectivity index (χ3n) is 7.34. The molecule has 0 aliphatic carbocycles. The molecule has 0 amide bonds. The smallest absolute Gasteiger partial charge is 0.335 e. The molecule has 0 aliphatic rings. The van der Waals surface area contributed by atoms with E-state index in [-0.39, 0.29) is 11.2 Å². The van der Waals surface area contributed by atoms with Gasteiger partial charge in [0, 0.05) is 0 Å². The fourth-order valence-electron chi connectivity index (χ4n) is 5.96. The predicted octanol–water partition coefficient (Wildman–Crippen LogP) is 3.33. The Morgan fingerprint density at radius 2 is 1.19 bits per heavy atom. The maximum absolute atomic E-state index is 13.8. The molecule has 0 bridgehead atoms. The van der Waals surface area contributed by atoms with Gasteiger partial charge in [-0.1, -0.05) is 112 Å². The number of methoxy groups -OCH3 is 2. The molecule has 9 nitrogen and oxygen atoms in total. The van der Waals surface area contributed by atoms with Crippen molar-refractivity contribution in [2.75, 3.05) is 14.2 Å². The molecule has 10 heteroatoms. The molecule has 2 unspecified atom stereocenters. The Morgan fingerprint density at radius 3 is 1.58 bits per heavy atom. The maximum Gasteiger partial charge on any atom is 0.335 e. The highest BCUT2D eigenvalue weighted by Gasteiger charge is 2.51. The third kappa shape index (κ3) is 6.76. The van der Waals surface area contributed by atoms with Gasteiger partial charge in [0.1, 0.15) is 0 Å². The van der Waals surface area contributed by atoms with Crippen LogP contribution in [0.2, 0.25) is 0 Å². The molecule has 226 valence electrons. The molecule has 4 rings (SSSR count). The van der Waals surface area contributed by atoms with Crippen molar-refractivity contribution >= 4 is 35.8 Å². The van der Waals surface area contributed by atoms with Crippen molar-refractivity contribution in [1.29, 1.82) is 0 Å². The van der Waals surface area contributed by atoms with Crippen LogP contribution in [0, 0.1) is 5.41 Å². The second kappa shape index (κ2) is 13.0. The van der Waals surface area contributed by atoms with Crippen molar-refractivity contribution < 1.29 is 23.5 Å². The van der Waals surface area contributed by atoms with Crippen LogP contribution in [0.1, 0.15) is 52.8 Å². The van der Waals surface area contributed by atoms with Crippen molar-refractivity contribution in [3.05, 3.63) is 96.8 Å². The molecule has 0 N–H and O–H groups in total. The van der Waals surface area contributed by atoms with Crippen LogP contribution in [0.4, 0.5) is 0 Å². The van der Waals surface area contributed by atoms with Crippen LogP contribution in [0.25, 0.3) is 0 Å². The van der Waals surface area contributed by atoms with Gasteiger partial charge in [0.2, 0.25) is 0 Å². The summed E-state index contributed by atoms with van der Waals surface area (Å²) in [6.07, 6.45) is -0.758. The summed E-state index contributed by atoms with van der Waals surface area (Å²) in [5.41, 5.74) is -0.696. The fraction of sp³-hybridized carbons (Fsp3) is 0.364. The summed E-state index contributed by atoms with van der Waals surface area (Å²) in [7, 11) is -0.941. The van der Waals surface area contributed by atoms with Crippen molar-refractivity contribution in [3.8, 4) is 0 Å². The number of carbonyl (C=O) groups excluding carboxylic acids is 2. The molecule has 0 spiro atoms. The number of hydrogen-bond donors (Lipinski definition) is 0. The second-order valence-corrected chi connectivity index (χ2v) is 15.7. The van der Waals surface area contributed by atoms with Gasteiger partial charge in [-0.15, -0.1) is 5.10 Å². The van der Waals surface area contributed by atoms with E-state index in [0.717, 1.165) is 15.6 Å². The molecular weight excluding hydrogens is 560 g/mol. The van der Waals surface area contributed by atoms with Gasteiger partial charge in [0.25, 0.3) is 8.32 Å². The fourth-order valence-corrected chi connectivity index (χ4v) is 9.97. The summed E-state index contributed by atoms with van der Waals surface area (Å²) in [4.78, 5) is 27.5. The highest BCUT2D eigenvalue weighted by molar-refractivity contribution is 7.07. The zero-order chi connectivity index (χ0) is 31.3. The summed E-state index contributed by atoms with van der Waals surface area (Å²) >= 11 is 0. The lowest BCUT2D eigenvalue weighted by Crippen LogP contribution is -2.71. The molecule has 4 aromatic rings. The largest absolute Gasteiger partial charge is 0.468 e. The van der Waals surface area contributed by atoms with Gasteiger partial charge in [-0.05, 0) is 51.7 Å². The molecule has 0 aliphatic heterocycles. The SMILES string of the molecule is COC(=O)C(O[Si](c1ccccc1)(c1ccccc1)c1ccccc1)C(C(=O)OC)c1nnnn1C(C)(C)CC(C)(C)C. The van der Waals surface area contributed by atoms with Crippen LogP contribution in [-0.4, -0.2) is 60.8 Å². The van der Waals surface area contributed by atoms with Crippen LogP contribution in [0.15, 0.2) is 91.0 Å². The molecule has 1 heterocycles. The van der Waals surface area contributed by atoms with Crippen LogP contribution >= 0.6 is 0 Å². The van der Waals surface area contributed by atoms with Gasteiger partial charge in [0.15, 0.2) is 17.8 Å². The maximum atomic E-state index is 13.8. The first-order valence-corrected chi connectivity index (χ1v) is 16.1. The normalized spacial score (nSPS) is 13.7. The Kier molecular flexibility index (Phi) is 9.61. The lowest BCUT2D eigenvalue weighted by Gasteiger charge is -2.38. The molecule has 43 heavy (non-hydrogen) atoms. The van der Waals surface area contributed by atoms with E-state index >= 15 is 0 Å². The first kappa shape index (κ1) is 31.8. The van der Waals surface area contributed by atoms with Gasteiger partial charge in [-0.2, -0.15) is 0 Å². The molecule has 3 aromatic carbocycles. The quantitative estimate of drug-likeness (QED) is 0.147. The molecular formula is C33H40N4O5Si. The van der Waals surface area contributed by atoms with Gasteiger partial charge in [-0.25, -0.2) is 9.48 Å². The van der Waals surface area contributed by atoms with E-state index in [1.807, 2.05) is 105 Å². The monoisotopic (exact) mass is 600 g/mol. The molecule has 0 fully saturated rings. The van der Waals surface area contributed by atoms with E-state index < -0.39 is 37.8 Å². The lowest BCUT2D eigenvalue weighted by atomic mass is 9.81. The van der Waals surface area contributed by atoms with Crippen LogP contribution in [0.3, 0.4) is 0 Å². The van der Waals surface area contributed by atoms with E-state index in [4.69, 9.17) is 13.9 Å². The van der Waals surface area contributed by atoms with Gasteiger partial charge >= 0.3 is 11.9 Å². The third-order valence-corrected chi connectivity index (χ3v) is 11.4. The van der Waals surface area contributed by atoms with Gasteiger partial charge in [-0.3, -0.25) is 4.79 Å². The Balaban J connectivity index is 2.00. The number of benzene rings is 3. The van der Waals surface area contributed by atoms with Gasteiger partial charge in [0.05, 0.1) is 19.8 Å². The Bertz CT molecular complexity index is 1410. The Labute approximate surface area is 254 Å². The summed E-state index contributed by atoms with van der Waals surface area (Å²) in [6.45, 7) is 10.4. The molecule has 0 radical (unpaired) electrons. The summed E-state index contributed by atoms with van der Waals surface area (Å²) in [5, 5.41) is 15.2. The minimum absolute atomic E-state index is 0.0816. The first-order valence-electron chi connectivity index (χ1n) is 14.2. The number of nitrogens with zero attached hydrogens (tertiary/aromatic N) is 4. The second-order valence-electron chi connectivity index (χ2n) is 12.3. The average Bonchev–Trinajstić information content (AvgIpc) is 3.49. The first-order chi connectivity index (χ1) is 20.4. The summed E-state index contributed by atoms with van der Waals surface area (Å²) in [6, 6.07) is 29.4. The minimum atomic E-state index is -3.49. The van der Waals surface area contributed by atoms with E-state index in [1.54, 1.807) is 4.68 Å². The van der Waals surface area contributed by atoms with Crippen LogP contribution in [-0.2, 0) is 29.0 Å². The van der Waals surface area contributed by atoms with E-state index in [2.05, 4.69) is 36.3 Å². The van der Waals surface area contributed by atoms with Crippen molar-refractivity contribution in [3.63, 3.8) is 0 Å². The van der Waals surface area contributed by atoms with E-state index in [9.17, 15) is 9.59 Å². The minimum Gasteiger partial charge on any atom is -0.468 e. The zero-order valence-corrected chi connectivity index (χ0v) is 26.9. The number of hydrogen-bond acceptors (Lipinski definition) is 8. The number of carbonyl (C=O) groups is 2. The van der Waals surface area contributed by atoms with Crippen molar-refractivity contribution in [1.82, 2.24) is 20.2 Å². The number of rotatable bonds is 11. The van der Waals surface area contributed by atoms with Crippen molar-refractivity contribution in [2.45, 2.75) is 58.6 Å². The molecule has 2 atom stereocenters. The Morgan fingerprint density at radius 1 is 0.744 bits per heavy atom. The molecule has 0 saturated carbocycles. The lowest BCUT2D eigenvalue weighted by molar-refractivity contribution is -0.158. The van der Waals surface area contributed by atoms with Crippen LogP contribution < -0.4 is 15.6 Å². The van der Waals surface area contributed by atoms with Crippen molar-refractivity contribution in [2.24, 2.45) is 5.41 Å². The highest BCUT2D eigenvalue weighted by Crippen LogP contribution is 2.35. The molecule has 1 aromatic heterocycles. The Hall–Kier alpha value is -4.15. The summed E-state index contributed by atoms with van der Waals surface area (Å²) < 4.78 is 19.4. The highest BCUT2D eigenvalue weighted by atomic mass is 28.4. The number of tetrazole rings is 1. The predicted molar refractivity (Wildman–Crippen MR) is 167 cm³/mol. The zero-order valence-electron chi connectivity index (χ0n) is 25.9. The number of esters is 2. The molecule has 0 saturated heterocycles. The standard InChI is InChI=1S/C33H40N4O5Si/c1-32(2,3)23-33(4,5)37-29(34-35-36-37)27(30(38)40-6)28(31(39)41-7)42-43(24-17-11-8-12-18-24,25-19-13-9-14-20-25)26-21-15-10-16-22-26/h8-22,27-28H,23H2,1-7H3. The van der Waals surface area contributed by atoms with Crippen LogP contribution in [0.5, 0.6) is 0 Å². The topological polar surface area (TPSA) is 105 Å². The van der Waals surface area contributed by atoms with E-state index in [0.29, 0.717) is 6.42 Å².